The summed E-state index contributed by atoms with van der Waals surface area (Å²) in [5.41, 5.74) is 4.38. The van der Waals surface area contributed by atoms with Crippen LogP contribution in [0.4, 0.5) is 0 Å². The van der Waals surface area contributed by atoms with Crippen LogP contribution in [0.1, 0.15) is 98.4 Å². The van der Waals surface area contributed by atoms with Crippen LogP contribution in [0, 0.1) is 23.8 Å². The van der Waals surface area contributed by atoms with Crippen LogP contribution in [0.25, 0.3) is 54.4 Å². The molecule has 0 atom stereocenters. The van der Waals surface area contributed by atoms with Crippen LogP contribution in [0.5, 0.6) is 0 Å². The Bertz CT molecular complexity index is 2170. The molecule has 1 radical (unpaired) electrons. The molecule has 0 saturated heterocycles. The number of benzene rings is 3. The molecule has 0 unspecified atom stereocenters. The minimum Gasteiger partial charge on any atom is -0.512 e. The minimum atomic E-state index is -0.337. The number of fused-ring (bicyclic) bond motifs is 3. The van der Waals surface area contributed by atoms with Gasteiger partial charge in [-0.3, -0.25) is 9.78 Å². The molecule has 6 aromatic rings. The summed E-state index contributed by atoms with van der Waals surface area (Å²) >= 11 is 1.81. The zero-order valence-electron chi connectivity index (χ0n) is 31.8. The first-order valence-electron chi connectivity index (χ1n) is 18.0. The fourth-order valence-electron chi connectivity index (χ4n) is 6.28. The van der Waals surface area contributed by atoms with Gasteiger partial charge in [0.2, 0.25) is 0 Å². The number of aliphatic hydroxyl groups excluding tert-OH is 1. The molecule has 51 heavy (non-hydrogen) atoms. The summed E-state index contributed by atoms with van der Waals surface area (Å²) < 4.78 is 7.73. The maximum absolute atomic E-state index is 12.2. The molecule has 3 aromatic carbocycles. The number of nitrogens with zero attached hydrogens (tertiary/aromatic N) is 1. The summed E-state index contributed by atoms with van der Waals surface area (Å²) in [6.07, 6.45) is 6.62. The van der Waals surface area contributed by atoms with Crippen LogP contribution in [0.2, 0.25) is 0 Å². The summed E-state index contributed by atoms with van der Waals surface area (Å²) in [4.78, 5) is 18.2. The van der Waals surface area contributed by atoms with Crippen molar-refractivity contribution in [1.29, 1.82) is 0 Å². The number of aliphatic hydroxyl groups is 1. The van der Waals surface area contributed by atoms with E-state index in [2.05, 4.69) is 94.4 Å². The summed E-state index contributed by atoms with van der Waals surface area (Å²) in [6.45, 7) is 21.0. The second-order valence-corrected chi connectivity index (χ2v) is 16.4. The van der Waals surface area contributed by atoms with Crippen molar-refractivity contribution in [3.8, 4) is 22.6 Å². The minimum absolute atomic E-state index is 0. The Morgan fingerprint density at radius 1 is 0.863 bits per heavy atom. The molecule has 0 aliphatic carbocycles. The molecule has 6 heteroatoms. The van der Waals surface area contributed by atoms with E-state index in [4.69, 9.17) is 9.40 Å². The second kappa shape index (κ2) is 16.0. The number of aromatic nitrogens is 1. The van der Waals surface area contributed by atoms with E-state index in [9.17, 15) is 9.90 Å². The summed E-state index contributed by atoms with van der Waals surface area (Å²) in [5.74, 6) is 1.15. The fourth-order valence-corrected chi connectivity index (χ4v) is 7.24. The molecular weight excluding hydrogens is 827 g/mol. The van der Waals surface area contributed by atoms with Gasteiger partial charge in [-0.05, 0) is 67.7 Å². The number of allylic oxidation sites excluding steroid dienone is 2. The van der Waals surface area contributed by atoms with Crippen molar-refractivity contribution >= 4 is 48.9 Å². The van der Waals surface area contributed by atoms with E-state index in [0.29, 0.717) is 0 Å². The zero-order valence-corrected chi connectivity index (χ0v) is 35.0. The number of hydrogen-bond donors (Lipinski definition) is 1. The SMILES string of the molecule is CCC(C)(CC)C(=O)/C=C(\O)C(C)(CC)CC.Cc1cc2ccc(-c3cc4ccnc(-c5[c-]c6ccccc6c(C(C)(C)C)c5)c4o3)cc2s1.[Ir]. The Labute approximate surface area is 321 Å². The molecule has 6 rings (SSSR count). The van der Waals surface area contributed by atoms with Crippen molar-refractivity contribution in [2.24, 2.45) is 10.8 Å². The first kappa shape index (κ1) is 40.2. The molecular formula is C45H52IrNO3S-. The second-order valence-electron chi connectivity index (χ2n) is 15.1. The zero-order chi connectivity index (χ0) is 36.4. The van der Waals surface area contributed by atoms with Crippen LogP contribution >= 0.6 is 11.3 Å². The molecule has 271 valence electrons. The first-order valence-corrected chi connectivity index (χ1v) is 18.8. The van der Waals surface area contributed by atoms with Crippen LogP contribution in [0.3, 0.4) is 0 Å². The average molecular weight is 879 g/mol. The Hall–Kier alpha value is -3.57. The molecule has 0 saturated carbocycles. The van der Waals surface area contributed by atoms with E-state index in [-0.39, 0.29) is 47.9 Å². The van der Waals surface area contributed by atoms with Gasteiger partial charge < -0.3 is 9.52 Å². The van der Waals surface area contributed by atoms with Gasteiger partial charge in [-0.1, -0.05) is 104 Å². The van der Waals surface area contributed by atoms with E-state index < -0.39 is 0 Å². The van der Waals surface area contributed by atoms with E-state index in [0.717, 1.165) is 64.6 Å². The third kappa shape index (κ3) is 8.40. The molecule has 1 N–H and O–H groups in total. The number of carbonyl (C=O) groups excluding carboxylic acids is 1. The molecule has 0 spiro atoms. The molecule has 0 bridgehead atoms. The van der Waals surface area contributed by atoms with Gasteiger partial charge in [0.25, 0.3) is 0 Å². The van der Waals surface area contributed by atoms with Gasteiger partial charge in [0.15, 0.2) is 5.78 Å². The van der Waals surface area contributed by atoms with E-state index in [1.165, 1.54) is 32.0 Å². The predicted octanol–water partition coefficient (Wildman–Crippen LogP) is 13.6. The topological polar surface area (TPSA) is 63.3 Å². The maximum atomic E-state index is 12.2. The number of furan rings is 1. The van der Waals surface area contributed by atoms with Crippen LogP contribution < -0.4 is 0 Å². The van der Waals surface area contributed by atoms with Gasteiger partial charge >= 0.3 is 0 Å². The van der Waals surface area contributed by atoms with Crippen LogP contribution in [-0.2, 0) is 30.3 Å². The van der Waals surface area contributed by atoms with E-state index in [1.807, 2.05) is 65.1 Å². The third-order valence-corrected chi connectivity index (χ3v) is 11.8. The van der Waals surface area contributed by atoms with E-state index >= 15 is 0 Å². The number of aryl methyl sites for hydroxylation is 1. The van der Waals surface area contributed by atoms with E-state index in [1.54, 1.807) is 0 Å². The molecule has 4 nitrogen and oxygen atoms in total. The van der Waals surface area contributed by atoms with Crippen molar-refractivity contribution in [2.45, 2.75) is 100 Å². The summed E-state index contributed by atoms with van der Waals surface area (Å²) in [7, 11) is 0. The standard InChI is InChI=1S/C30H24NOS.C15H28O2.Ir/c1-18-13-21-10-9-20(17-27(21)33-18)26-16-22-11-12-31-28(29(22)32-26)23-14-19-7-5-6-8-24(19)25(15-23)30(2,3)4;1-7-14(5,8-2)12(16)11-13(17)15(6,9-3)10-4;/h5-13,15-17H,1-4H3;11,16H,7-10H2,1-6H3;/q-1;;/b;12-11-;. The maximum Gasteiger partial charge on any atom is 0.164 e. The number of carbonyl (C=O) groups is 1. The van der Waals surface area contributed by atoms with Crippen molar-refractivity contribution in [3.05, 3.63) is 101 Å². The van der Waals surface area contributed by atoms with Crippen LogP contribution in [0.15, 0.2) is 89.2 Å². The van der Waals surface area contributed by atoms with Crippen molar-refractivity contribution < 1.29 is 34.4 Å². The largest absolute Gasteiger partial charge is 0.512 e. The first-order chi connectivity index (χ1) is 23.7. The normalized spacial score (nSPS) is 12.5. The molecule has 0 fully saturated rings. The van der Waals surface area contributed by atoms with Crippen molar-refractivity contribution in [3.63, 3.8) is 0 Å². The molecule has 0 aliphatic heterocycles. The quantitative estimate of drug-likeness (QED) is 0.0893. The summed E-state index contributed by atoms with van der Waals surface area (Å²) in [6, 6.07) is 27.2. The molecule has 0 amide bonds. The van der Waals surface area contributed by atoms with Gasteiger partial charge in [0, 0.05) is 69.4 Å². The number of rotatable bonds is 9. The number of hydrogen-bond acceptors (Lipinski definition) is 5. The summed E-state index contributed by atoms with van der Waals surface area (Å²) in [5, 5.41) is 14.8. The van der Waals surface area contributed by atoms with Gasteiger partial charge in [0.05, 0.1) is 0 Å². The van der Waals surface area contributed by atoms with Crippen molar-refractivity contribution in [2.75, 3.05) is 0 Å². The van der Waals surface area contributed by atoms with Gasteiger partial charge in [0.1, 0.15) is 17.1 Å². The Kier molecular flexibility index (Phi) is 12.6. The average Bonchev–Trinajstić information content (AvgIpc) is 3.72. The molecule has 3 heterocycles. The Morgan fingerprint density at radius 3 is 2.18 bits per heavy atom. The number of ketones is 1. The smallest absolute Gasteiger partial charge is 0.164 e. The number of thiophene rings is 1. The fraction of sp³-hybridized carbons (Fsp3) is 0.378. The van der Waals surface area contributed by atoms with Crippen LogP contribution in [-0.4, -0.2) is 15.9 Å². The third-order valence-electron chi connectivity index (χ3n) is 10.8. The van der Waals surface area contributed by atoms with Gasteiger partial charge in [-0.15, -0.1) is 40.5 Å². The molecule has 0 aliphatic rings. The van der Waals surface area contributed by atoms with Gasteiger partial charge in [-0.25, -0.2) is 0 Å². The van der Waals surface area contributed by atoms with Gasteiger partial charge in [-0.2, -0.15) is 0 Å². The van der Waals surface area contributed by atoms with Crippen molar-refractivity contribution in [1.82, 2.24) is 4.98 Å². The number of pyridine rings is 1. The molecule has 3 aromatic heterocycles. The monoisotopic (exact) mass is 879 g/mol. The predicted molar refractivity (Wildman–Crippen MR) is 213 cm³/mol. The Morgan fingerprint density at radius 2 is 1.53 bits per heavy atom. The Balaban J connectivity index is 0.000000279.